The molecule has 0 aromatic carbocycles. The first kappa shape index (κ1) is 21.9. The van der Waals surface area contributed by atoms with Crippen LogP contribution in [0, 0.1) is 29.6 Å². The molecular weight excluding hydrogens is 386 g/mol. The molecule has 0 spiro atoms. The Kier molecular flexibility index (Phi) is 7.37. The minimum atomic E-state index is -1.01. The number of carbonyl (C=O) groups is 2. The molecule has 0 bridgehead atoms. The molecule has 1 heterocycles. The molecule has 1 aromatic rings. The lowest BCUT2D eigenvalue weighted by molar-refractivity contribution is -0.124. The number of anilines is 1. The van der Waals surface area contributed by atoms with Crippen molar-refractivity contribution in [1.82, 2.24) is 0 Å². The van der Waals surface area contributed by atoms with E-state index in [4.69, 9.17) is 4.74 Å². The van der Waals surface area contributed by atoms with E-state index in [1.807, 2.05) is 6.92 Å². The Labute approximate surface area is 177 Å². The summed E-state index contributed by atoms with van der Waals surface area (Å²) in [6.07, 6.45) is 6.73. The normalized spacial score (nSPS) is 22.4. The molecule has 2 aliphatic rings. The van der Waals surface area contributed by atoms with Gasteiger partial charge in [-0.05, 0) is 63.9 Å². The summed E-state index contributed by atoms with van der Waals surface area (Å²) in [6.45, 7) is 4.73. The number of ether oxygens (including phenoxy) is 1. The van der Waals surface area contributed by atoms with Crippen molar-refractivity contribution in [3.8, 4) is 11.8 Å². The van der Waals surface area contributed by atoms with E-state index in [0.717, 1.165) is 43.4 Å². The van der Waals surface area contributed by atoms with Crippen LogP contribution in [0.25, 0.3) is 0 Å². The number of aromatic carboxylic acids is 1. The molecule has 3 rings (SSSR count). The molecule has 2 aliphatic carbocycles. The van der Waals surface area contributed by atoms with Gasteiger partial charge in [0.2, 0.25) is 5.91 Å². The first-order valence-corrected chi connectivity index (χ1v) is 11.4. The zero-order valence-corrected chi connectivity index (χ0v) is 18.4. The van der Waals surface area contributed by atoms with Crippen LogP contribution in [0.2, 0.25) is 0 Å². The highest BCUT2D eigenvalue weighted by Crippen LogP contribution is 2.38. The standard InChI is InChI=1S/C23H31NO4S/c1-15-4-9-18(10-5-15)21(25)24(16(2)12-13-28-3)22-20(23(26)27)14-19(29-22)11-8-17-6-7-17/h14-18H,4-7,9-10,12-13H2,1-3H3,(H,26,27). The molecule has 1 amide bonds. The van der Waals surface area contributed by atoms with Crippen molar-refractivity contribution in [2.45, 2.75) is 64.8 Å². The number of rotatable bonds is 7. The summed E-state index contributed by atoms with van der Waals surface area (Å²) in [5.74, 6) is 6.41. The third-order valence-corrected chi connectivity index (χ3v) is 6.97. The summed E-state index contributed by atoms with van der Waals surface area (Å²) in [5, 5.41) is 10.3. The number of nitrogens with zero attached hydrogens (tertiary/aromatic N) is 1. The van der Waals surface area contributed by atoms with E-state index in [2.05, 4.69) is 18.8 Å². The van der Waals surface area contributed by atoms with Gasteiger partial charge >= 0.3 is 5.97 Å². The maximum Gasteiger partial charge on any atom is 0.338 e. The van der Waals surface area contributed by atoms with E-state index in [9.17, 15) is 14.7 Å². The number of amides is 1. The van der Waals surface area contributed by atoms with Crippen molar-refractivity contribution in [3.63, 3.8) is 0 Å². The van der Waals surface area contributed by atoms with Gasteiger partial charge in [-0.2, -0.15) is 0 Å². The lowest BCUT2D eigenvalue weighted by atomic mass is 9.82. The first-order chi connectivity index (χ1) is 13.9. The minimum absolute atomic E-state index is 0.0408. The topological polar surface area (TPSA) is 66.8 Å². The molecule has 1 atom stereocenters. The van der Waals surface area contributed by atoms with Gasteiger partial charge in [0.1, 0.15) is 5.00 Å². The molecule has 1 aromatic heterocycles. The number of carboxylic acid groups (broad SMARTS) is 1. The maximum absolute atomic E-state index is 13.5. The Bertz CT molecular complexity index is 794. The Morgan fingerprint density at radius 1 is 1.28 bits per heavy atom. The van der Waals surface area contributed by atoms with Crippen LogP contribution >= 0.6 is 11.3 Å². The lowest BCUT2D eigenvalue weighted by Gasteiger charge is -2.34. The summed E-state index contributed by atoms with van der Waals surface area (Å²) in [5.41, 5.74) is 0.178. The largest absolute Gasteiger partial charge is 0.478 e. The summed E-state index contributed by atoms with van der Waals surface area (Å²) in [6, 6.07) is 1.49. The van der Waals surface area contributed by atoms with Crippen molar-refractivity contribution in [3.05, 3.63) is 16.5 Å². The predicted octanol–water partition coefficient (Wildman–Crippen LogP) is 4.79. The molecule has 1 unspecified atom stereocenters. The second-order valence-corrected chi connectivity index (χ2v) is 9.50. The first-order valence-electron chi connectivity index (χ1n) is 10.6. The molecule has 0 radical (unpaired) electrons. The van der Waals surface area contributed by atoms with Crippen LogP contribution in [-0.2, 0) is 9.53 Å². The molecule has 29 heavy (non-hydrogen) atoms. The van der Waals surface area contributed by atoms with Gasteiger partial charge in [-0.15, -0.1) is 11.3 Å². The fraction of sp³-hybridized carbons (Fsp3) is 0.652. The van der Waals surface area contributed by atoms with Crippen LogP contribution in [0.3, 0.4) is 0 Å². The Morgan fingerprint density at radius 2 is 1.97 bits per heavy atom. The number of carboxylic acids is 1. The zero-order valence-electron chi connectivity index (χ0n) is 17.6. The fourth-order valence-electron chi connectivity index (χ4n) is 3.81. The summed E-state index contributed by atoms with van der Waals surface area (Å²) < 4.78 is 5.22. The molecule has 1 N–H and O–H groups in total. The number of methoxy groups -OCH3 is 1. The molecule has 158 valence electrons. The van der Waals surface area contributed by atoms with Crippen LogP contribution in [0.5, 0.6) is 0 Å². The van der Waals surface area contributed by atoms with Gasteiger partial charge in [-0.25, -0.2) is 4.79 Å². The van der Waals surface area contributed by atoms with Crippen LogP contribution in [-0.4, -0.2) is 36.7 Å². The van der Waals surface area contributed by atoms with Crippen molar-refractivity contribution < 1.29 is 19.4 Å². The summed E-state index contributed by atoms with van der Waals surface area (Å²) >= 11 is 1.33. The molecule has 6 heteroatoms. The van der Waals surface area contributed by atoms with Gasteiger partial charge in [-0.3, -0.25) is 9.69 Å². The molecule has 5 nitrogen and oxygen atoms in total. The van der Waals surface area contributed by atoms with Crippen LogP contribution in [0.15, 0.2) is 6.07 Å². The second-order valence-electron chi connectivity index (χ2n) is 8.47. The highest BCUT2D eigenvalue weighted by atomic mass is 32.1. The van der Waals surface area contributed by atoms with Crippen molar-refractivity contribution in [2.75, 3.05) is 18.6 Å². The third-order valence-electron chi connectivity index (χ3n) is 5.92. The highest BCUT2D eigenvalue weighted by Gasteiger charge is 2.34. The molecule has 0 aliphatic heterocycles. The average Bonchev–Trinajstić information content (AvgIpc) is 3.44. The van der Waals surface area contributed by atoms with Crippen LogP contribution in [0.1, 0.15) is 74.0 Å². The van der Waals surface area contributed by atoms with Gasteiger partial charge < -0.3 is 9.84 Å². The Balaban J connectivity index is 1.93. The monoisotopic (exact) mass is 417 g/mol. The molecule has 2 fully saturated rings. The predicted molar refractivity (Wildman–Crippen MR) is 115 cm³/mol. The summed E-state index contributed by atoms with van der Waals surface area (Å²) in [7, 11) is 1.64. The van der Waals surface area contributed by atoms with Gasteiger partial charge in [0.15, 0.2) is 0 Å². The van der Waals surface area contributed by atoms with Gasteiger partial charge in [0, 0.05) is 31.6 Å². The second kappa shape index (κ2) is 9.77. The van der Waals surface area contributed by atoms with E-state index < -0.39 is 5.97 Å². The van der Waals surface area contributed by atoms with E-state index in [1.165, 1.54) is 11.3 Å². The van der Waals surface area contributed by atoms with Crippen LogP contribution < -0.4 is 4.90 Å². The van der Waals surface area contributed by atoms with E-state index in [-0.39, 0.29) is 23.4 Å². The smallest absolute Gasteiger partial charge is 0.338 e. The SMILES string of the molecule is COCCC(C)N(C(=O)C1CCC(C)CC1)c1sc(C#CC2CC2)cc1C(=O)O. The van der Waals surface area contributed by atoms with Crippen molar-refractivity contribution in [1.29, 1.82) is 0 Å². The van der Waals surface area contributed by atoms with Crippen molar-refractivity contribution >= 4 is 28.2 Å². The highest BCUT2D eigenvalue weighted by molar-refractivity contribution is 7.17. The summed E-state index contributed by atoms with van der Waals surface area (Å²) in [4.78, 5) is 28.0. The zero-order chi connectivity index (χ0) is 21.0. The third kappa shape index (κ3) is 5.61. The number of hydrogen-bond acceptors (Lipinski definition) is 4. The lowest BCUT2D eigenvalue weighted by Crippen LogP contribution is -2.44. The van der Waals surface area contributed by atoms with E-state index in [0.29, 0.717) is 29.9 Å². The minimum Gasteiger partial charge on any atom is -0.478 e. The fourth-order valence-corrected chi connectivity index (χ4v) is 4.93. The Hall–Kier alpha value is -1.84. The van der Waals surface area contributed by atoms with Gasteiger partial charge in [0.05, 0.1) is 10.4 Å². The molecule has 2 saturated carbocycles. The van der Waals surface area contributed by atoms with Crippen LogP contribution in [0.4, 0.5) is 5.00 Å². The molecule has 0 saturated heterocycles. The Morgan fingerprint density at radius 3 is 2.55 bits per heavy atom. The number of carbonyl (C=O) groups excluding carboxylic acids is 1. The number of hydrogen-bond donors (Lipinski definition) is 1. The maximum atomic E-state index is 13.5. The number of thiophene rings is 1. The van der Waals surface area contributed by atoms with E-state index in [1.54, 1.807) is 18.1 Å². The quantitative estimate of drug-likeness (QED) is 0.648. The molecular formula is C23H31NO4S. The van der Waals surface area contributed by atoms with E-state index >= 15 is 0 Å². The van der Waals surface area contributed by atoms with Crippen molar-refractivity contribution in [2.24, 2.45) is 17.8 Å². The van der Waals surface area contributed by atoms with Gasteiger partial charge in [-0.1, -0.05) is 18.8 Å². The average molecular weight is 418 g/mol. The van der Waals surface area contributed by atoms with Gasteiger partial charge in [0.25, 0.3) is 0 Å².